The van der Waals surface area contributed by atoms with E-state index in [4.69, 9.17) is 9.15 Å². The standard InChI is InChI=1S/C23H28N2O4/c1-3-28-19-10-5-4-9-18(19)24-11-13-25(14-12-24)22(26)21-16(2)15-20(29-23(21)27)17-7-6-8-17/h4-5,9-10,15,17H,3,6-8,11-14H2,1-2H3. The van der Waals surface area contributed by atoms with Crippen LogP contribution in [-0.4, -0.2) is 43.6 Å². The number of hydrogen-bond acceptors (Lipinski definition) is 5. The normalized spacial score (nSPS) is 17.2. The number of aryl methyl sites for hydroxylation is 1. The third-order valence-corrected chi connectivity index (χ3v) is 5.96. The SMILES string of the molecule is CCOc1ccccc1N1CCN(C(=O)c2c(C)cc(C3CCC3)oc2=O)CC1. The van der Waals surface area contributed by atoms with Crippen LogP contribution in [0.15, 0.2) is 39.5 Å². The molecule has 2 heterocycles. The topological polar surface area (TPSA) is 63.0 Å². The molecule has 2 aromatic rings. The van der Waals surface area contributed by atoms with Gasteiger partial charge in [-0.15, -0.1) is 0 Å². The van der Waals surface area contributed by atoms with Crippen molar-refractivity contribution in [2.45, 2.75) is 39.0 Å². The van der Waals surface area contributed by atoms with Crippen molar-refractivity contribution in [1.82, 2.24) is 4.90 Å². The first-order valence-electron chi connectivity index (χ1n) is 10.5. The van der Waals surface area contributed by atoms with Gasteiger partial charge in [-0.05, 0) is 50.5 Å². The van der Waals surface area contributed by atoms with Crippen molar-refractivity contribution in [3.63, 3.8) is 0 Å². The molecular formula is C23H28N2O4. The molecule has 6 heteroatoms. The van der Waals surface area contributed by atoms with E-state index in [-0.39, 0.29) is 11.5 Å². The van der Waals surface area contributed by atoms with Gasteiger partial charge < -0.3 is 19.0 Å². The number of hydrogen-bond donors (Lipinski definition) is 0. The molecule has 2 aliphatic rings. The smallest absolute Gasteiger partial charge is 0.349 e. The Labute approximate surface area is 171 Å². The Balaban J connectivity index is 1.46. The minimum Gasteiger partial charge on any atom is -0.492 e. The van der Waals surface area contributed by atoms with E-state index in [9.17, 15) is 9.59 Å². The lowest BCUT2D eigenvalue weighted by Gasteiger charge is -2.36. The summed E-state index contributed by atoms with van der Waals surface area (Å²) in [5.74, 6) is 1.69. The highest BCUT2D eigenvalue weighted by Gasteiger charge is 2.29. The maximum Gasteiger partial charge on any atom is 0.349 e. The van der Waals surface area contributed by atoms with Crippen molar-refractivity contribution in [1.29, 1.82) is 0 Å². The average molecular weight is 396 g/mol. The molecule has 0 N–H and O–H groups in total. The zero-order valence-corrected chi connectivity index (χ0v) is 17.1. The van der Waals surface area contributed by atoms with E-state index >= 15 is 0 Å². The van der Waals surface area contributed by atoms with Gasteiger partial charge in [0.2, 0.25) is 0 Å². The van der Waals surface area contributed by atoms with Crippen LogP contribution in [-0.2, 0) is 0 Å². The van der Waals surface area contributed by atoms with Crippen molar-refractivity contribution in [3.8, 4) is 5.75 Å². The zero-order valence-electron chi connectivity index (χ0n) is 17.1. The highest BCUT2D eigenvalue weighted by atomic mass is 16.5. The molecule has 2 fully saturated rings. The number of anilines is 1. The molecule has 1 saturated carbocycles. The molecule has 4 rings (SSSR count). The molecule has 1 aliphatic heterocycles. The van der Waals surface area contributed by atoms with Gasteiger partial charge in [0.05, 0.1) is 12.3 Å². The van der Waals surface area contributed by atoms with Crippen LogP contribution in [0.2, 0.25) is 0 Å². The van der Waals surface area contributed by atoms with Crippen molar-refractivity contribution >= 4 is 11.6 Å². The minimum absolute atomic E-state index is 0.177. The van der Waals surface area contributed by atoms with Crippen LogP contribution in [0.25, 0.3) is 0 Å². The zero-order chi connectivity index (χ0) is 20.4. The van der Waals surface area contributed by atoms with E-state index in [1.807, 2.05) is 44.2 Å². The quantitative estimate of drug-likeness (QED) is 0.773. The molecule has 0 unspecified atom stereocenters. The second kappa shape index (κ2) is 8.31. The molecule has 6 nitrogen and oxygen atoms in total. The van der Waals surface area contributed by atoms with Gasteiger partial charge in [0.15, 0.2) is 0 Å². The molecular weight excluding hydrogens is 368 g/mol. The fourth-order valence-corrected chi connectivity index (χ4v) is 4.09. The maximum absolute atomic E-state index is 13.0. The number of rotatable bonds is 5. The summed E-state index contributed by atoms with van der Waals surface area (Å²) < 4.78 is 11.2. The molecule has 29 heavy (non-hydrogen) atoms. The molecule has 154 valence electrons. The van der Waals surface area contributed by atoms with E-state index in [0.29, 0.717) is 38.7 Å². The molecule has 1 amide bonds. The summed E-state index contributed by atoms with van der Waals surface area (Å²) in [7, 11) is 0. The second-order valence-electron chi connectivity index (χ2n) is 7.80. The molecule has 0 atom stereocenters. The Morgan fingerprint density at radius 1 is 1.17 bits per heavy atom. The van der Waals surface area contributed by atoms with Crippen molar-refractivity contribution in [2.75, 3.05) is 37.7 Å². The van der Waals surface area contributed by atoms with E-state index in [1.165, 1.54) is 6.42 Å². The average Bonchev–Trinajstić information content (AvgIpc) is 2.67. The first kappa shape index (κ1) is 19.6. The highest BCUT2D eigenvalue weighted by molar-refractivity contribution is 5.95. The first-order chi connectivity index (χ1) is 14.1. The molecule has 1 aromatic carbocycles. The Hall–Kier alpha value is -2.76. The molecule has 1 aliphatic carbocycles. The number of amides is 1. The van der Waals surface area contributed by atoms with Crippen LogP contribution in [0.5, 0.6) is 5.75 Å². The lowest BCUT2D eigenvalue weighted by Crippen LogP contribution is -2.49. The Morgan fingerprint density at radius 2 is 1.90 bits per heavy atom. The van der Waals surface area contributed by atoms with Gasteiger partial charge in [-0.3, -0.25) is 4.79 Å². The number of para-hydroxylation sites is 2. The number of piperazine rings is 1. The maximum atomic E-state index is 13.0. The van der Waals surface area contributed by atoms with Crippen LogP contribution in [0, 0.1) is 6.92 Å². The summed E-state index contributed by atoms with van der Waals surface area (Å²) in [5.41, 5.74) is 1.44. The summed E-state index contributed by atoms with van der Waals surface area (Å²) in [4.78, 5) is 29.6. The fourth-order valence-electron chi connectivity index (χ4n) is 4.09. The minimum atomic E-state index is -0.499. The second-order valence-corrected chi connectivity index (χ2v) is 7.80. The van der Waals surface area contributed by atoms with E-state index in [1.54, 1.807) is 4.90 Å². The highest BCUT2D eigenvalue weighted by Crippen LogP contribution is 2.36. The van der Waals surface area contributed by atoms with Gasteiger partial charge in [-0.2, -0.15) is 0 Å². The van der Waals surface area contributed by atoms with Crippen molar-refractivity contribution in [3.05, 3.63) is 57.6 Å². The largest absolute Gasteiger partial charge is 0.492 e. The van der Waals surface area contributed by atoms with Crippen molar-refractivity contribution in [2.24, 2.45) is 0 Å². The van der Waals surface area contributed by atoms with Gasteiger partial charge >= 0.3 is 5.63 Å². The Bertz CT molecular complexity index is 940. The van der Waals surface area contributed by atoms with Crippen LogP contribution < -0.4 is 15.3 Å². The number of nitrogens with zero attached hydrogens (tertiary/aromatic N) is 2. The summed E-state index contributed by atoms with van der Waals surface area (Å²) in [6.07, 6.45) is 3.28. The van der Waals surface area contributed by atoms with Crippen LogP contribution in [0.1, 0.15) is 53.8 Å². The first-order valence-corrected chi connectivity index (χ1v) is 10.5. The van der Waals surface area contributed by atoms with Gasteiger partial charge in [0.25, 0.3) is 5.91 Å². The van der Waals surface area contributed by atoms with E-state index in [2.05, 4.69) is 4.90 Å². The predicted molar refractivity (Wildman–Crippen MR) is 112 cm³/mol. The van der Waals surface area contributed by atoms with E-state index < -0.39 is 5.63 Å². The van der Waals surface area contributed by atoms with Crippen molar-refractivity contribution < 1.29 is 13.9 Å². The molecule has 1 saturated heterocycles. The summed E-state index contributed by atoms with van der Waals surface area (Å²) in [5, 5.41) is 0. The van der Waals surface area contributed by atoms with Crippen LogP contribution in [0.3, 0.4) is 0 Å². The van der Waals surface area contributed by atoms with Gasteiger partial charge in [0, 0.05) is 32.1 Å². The van der Waals surface area contributed by atoms with Gasteiger partial charge in [-0.1, -0.05) is 18.6 Å². The number of carbonyl (C=O) groups excluding carboxylic acids is 1. The van der Waals surface area contributed by atoms with E-state index in [0.717, 1.165) is 35.6 Å². The van der Waals surface area contributed by atoms with Crippen LogP contribution >= 0.6 is 0 Å². The summed E-state index contributed by atoms with van der Waals surface area (Å²) >= 11 is 0. The Kier molecular flexibility index (Phi) is 5.60. The predicted octanol–water partition coefficient (Wildman–Crippen LogP) is 3.58. The molecule has 1 aromatic heterocycles. The molecule has 0 radical (unpaired) electrons. The lowest BCUT2D eigenvalue weighted by atomic mass is 9.83. The summed E-state index contributed by atoms with van der Waals surface area (Å²) in [6.45, 7) is 6.92. The van der Waals surface area contributed by atoms with Gasteiger partial charge in [0.1, 0.15) is 17.1 Å². The monoisotopic (exact) mass is 396 g/mol. The number of benzene rings is 1. The number of carbonyl (C=O) groups is 1. The van der Waals surface area contributed by atoms with Crippen LogP contribution in [0.4, 0.5) is 5.69 Å². The third kappa shape index (κ3) is 3.88. The summed E-state index contributed by atoms with van der Waals surface area (Å²) in [6, 6.07) is 9.85. The molecule has 0 spiro atoms. The molecule has 0 bridgehead atoms. The Morgan fingerprint density at radius 3 is 2.52 bits per heavy atom. The lowest BCUT2D eigenvalue weighted by molar-refractivity contribution is 0.0740. The third-order valence-electron chi connectivity index (χ3n) is 5.96. The number of ether oxygens (including phenoxy) is 1. The fraction of sp³-hybridized carbons (Fsp3) is 0.478. The van der Waals surface area contributed by atoms with Gasteiger partial charge in [-0.25, -0.2) is 4.79 Å².